The molecule has 0 aliphatic rings. The van der Waals surface area contributed by atoms with Crippen LogP contribution in [0.25, 0.3) is 0 Å². The number of carbonyl (C=O) groups is 1. The maximum Gasteiger partial charge on any atom is 0.416 e. The number of nitro groups is 1. The second-order valence-electron chi connectivity index (χ2n) is 5.27. The Kier molecular flexibility index (Phi) is 6.22. The zero-order valence-electron chi connectivity index (χ0n) is 13.7. The molecule has 144 valence electrons. The number of alkyl halides is 3. The second kappa shape index (κ2) is 8.41. The number of halogens is 4. The van der Waals surface area contributed by atoms with Crippen LogP contribution in [0.3, 0.4) is 0 Å². The third kappa shape index (κ3) is 5.21. The van der Waals surface area contributed by atoms with Crippen LogP contribution in [-0.2, 0) is 11.0 Å². The van der Waals surface area contributed by atoms with E-state index in [0.29, 0.717) is 0 Å². The van der Waals surface area contributed by atoms with Crippen molar-refractivity contribution < 1.29 is 22.9 Å². The molecule has 0 aliphatic heterocycles. The molecule has 0 aromatic heterocycles. The van der Waals surface area contributed by atoms with Gasteiger partial charge in [0, 0.05) is 24.0 Å². The third-order valence-electron chi connectivity index (χ3n) is 3.35. The molecule has 2 N–H and O–H groups in total. The topological polar surface area (TPSA) is 108 Å². The molecule has 0 heterocycles. The lowest BCUT2D eigenvalue weighted by Crippen LogP contribution is -2.15. The minimum atomic E-state index is -4.55. The highest BCUT2D eigenvalue weighted by Gasteiger charge is 2.30. The van der Waals surface area contributed by atoms with E-state index >= 15 is 0 Å². The first kappa shape index (κ1) is 20.7. The largest absolute Gasteiger partial charge is 0.416 e. The number of benzene rings is 2. The molecule has 1 amide bonds. The van der Waals surface area contributed by atoms with E-state index in [1.807, 2.05) is 0 Å². The molecule has 0 radical (unpaired) electrons. The van der Waals surface area contributed by atoms with Crippen LogP contribution in [0.15, 0.2) is 54.2 Å². The minimum absolute atomic E-state index is 0.00192. The van der Waals surface area contributed by atoms with Crippen LogP contribution in [0, 0.1) is 21.4 Å². The van der Waals surface area contributed by atoms with Crippen molar-refractivity contribution in [2.75, 3.05) is 10.6 Å². The van der Waals surface area contributed by atoms with Crippen LogP contribution in [0.2, 0.25) is 5.02 Å². The molecule has 0 atom stereocenters. The lowest BCUT2D eigenvalue weighted by molar-refractivity contribution is -0.384. The Labute approximate surface area is 161 Å². The van der Waals surface area contributed by atoms with Gasteiger partial charge < -0.3 is 10.6 Å². The molecular weight excluding hydrogens is 401 g/mol. The van der Waals surface area contributed by atoms with Gasteiger partial charge in [0.2, 0.25) is 0 Å². The van der Waals surface area contributed by atoms with Gasteiger partial charge in [-0.15, -0.1) is 0 Å². The quantitative estimate of drug-likeness (QED) is 0.321. The van der Waals surface area contributed by atoms with Crippen molar-refractivity contribution in [1.82, 2.24) is 0 Å². The normalized spacial score (nSPS) is 11.5. The standard InChI is InChI=1S/C17H10ClF3N4O3/c18-14-5-4-13(25(27)28)7-15(14)24-16(26)10(8-22)9-23-12-3-1-2-11(6-12)17(19,20)21/h1-7,9,23H,(H,24,26)/b10-9-. The predicted molar refractivity (Wildman–Crippen MR) is 95.5 cm³/mol. The number of nitro benzene ring substituents is 1. The molecule has 0 spiro atoms. The smallest absolute Gasteiger partial charge is 0.360 e. The van der Waals surface area contributed by atoms with Gasteiger partial charge in [-0.1, -0.05) is 17.7 Å². The lowest BCUT2D eigenvalue weighted by Gasteiger charge is -2.09. The SMILES string of the molecule is N#C/C(=C/Nc1cccc(C(F)(F)F)c1)C(=O)Nc1cc([N+](=O)[O-])ccc1Cl. The second-order valence-corrected chi connectivity index (χ2v) is 5.68. The van der Waals surface area contributed by atoms with Crippen molar-refractivity contribution in [3.05, 3.63) is 74.9 Å². The molecule has 0 aliphatic carbocycles. The van der Waals surface area contributed by atoms with Gasteiger partial charge >= 0.3 is 6.18 Å². The maximum atomic E-state index is 12.7. The van der Waals surface area contributed by atoms with Gasteiger partial charge in [0.05, 0.1) is 21.2 Å². The zero-order chi connectivity index (χ0) is 20.9. The van der Waals surface area contributed by atoms with E-state index in [1.165, 1.54) is 12.1 Å². The summed E-state index contributed by atoms with van der Waals surface area (Å²) in [5, 5.41) is 24.6. The number of non-ortho nitro benzene ring substituents is 1. The fourth-order valence-corrected chi connectivity index (χ4v) is 2.17. The molecule has 2 aromatic carbocycles. The Hall–Kier alpha value is -3.58. The molecule has 28 heavy (non-hydrogen) atoms. The van der Waals surface area contributed by atoms with E-state index < -0.39 is 28.1 Å². The van der Waals surface area contributed by atoms with Gasteiger partial charge in [-0.3, -0.25) is 14.9 Å². The van der Waals surface area contributed by atoms with Gasteiger partial charge in [-0.25, -0.2) is 0 Å². The molecular formula is C17H10ClF3N4O3. The Morgan fingerprint density at radius 2 is 1.96 bits per heavy atom. The van der Waals surface area contributed by atoms with Crippen LogP contribution in [0.4, 0.5) is 30.2 Å². The number of anilines is 2. The fraction of sp³-hybridized carbons (Fsp3) is 0.0588. The van der Waals surface area contributed by atoms with Crippen molar-refractivity contribution in [1.29, 1.82) is 5.26 Å². The summed E-state index contributed by atoms with van der Waals surface area (Å²) in [6.07, 6.45) is -3.63. The highest BCUT2D eigenvalue weighted by atomic mass is 35.5. The minimum Gasteiger partial charge on any atom is -0.360 e. The van der Waals surface area contributed by atoms with Gasteiger partial charge in [0.25, 0.3) is 11.6 Å². The first-order valence-corrected chi connectivity index (χ1v) is 7.79. The van der Waals surface area contributed by atoms with Crippen LogP contribution in [0.1, 0.15) is 5.56 Å². The van der Waals surface area contributed by atoms with E-state index in [2.05, 4.69) is 10.6 Å². The number of hydrogen-bond acceptors (Lipinski definition) is 5. The molecule has 2 rings (SSSR count). The van der Waals surface area contributed by atoms with Crippen LogP contribution >= 0.6 is 11.6 Å². The summed E-state index contributed by atoms with van der Waals surface area (Å²) in [6.45, 7) is 0. The highest BCUT2D eigenvalue weighted by Crippen LogP contribution is 2.31. The van der Waals surface area contributed by atoms with Crippen LogP contribution < -0.4 is 10.6 Å². The summed E-state index contributed by atoms with van der Waals surface area (Å²) in [5.41, 5.74) is -1.81. The molecule has 7 nitrogen and oxygen atoms in total. The first-order chi connectivity index (χ1) is 13.1. The van der Waals surface area contributed by atoms with E-state index in [4.69, 9.17) is 16.9 Å². The molecule has 0 saturated heterocycles. The molecule has 0 unspecified atom stereocenters. The molecule has 0 fully saturated rings. The Morgan fingerprint density at radius 1 is 1.25 bits per heavy atom. The number of nitriles is 1. The van der Waals surface area contributed by atoms with Gasteiger partial charge in [0.15, 0.2) is 0 Å². The number of nitrogens with one attached hydrogen (secondary N) is 2. The molecule has 0 bridgehead atoms. The summed E-state index contributed by atoms with van der Waals surface area (Å²) in [7, 11) is 0. The van der Waals surface area contributed by atoms with E-state index in [0.717, 1.165) is 36.5 Å². The molecule has 11 heteroatoms. The van der Waals surface area contributed by atoms with Gasteiger partial charge in [0.1, 0.15) is 11.6 Å². The Balaban J connectivity index is 2.19. The average Bonchev–Trinajstić information content (AvgIpc) is 2.63. The number of amides is 1. The van der Waals surface area contributed by atoms with Crippen molar-refractivity contribution >= 4 is 34.6 Å². The number of hydrogen-bond donors (Lipinski definition) is 2. The lowest BCUT2D eigenvalue weighted by atomic mass is 10.2. The molecule has 0 saturated carbocycles. The van der Waals surface area contributed by atoms with Gasteiger partial charge in [-0.2, -0.15) is 18.4 Å². The summed E-state index contributed by atoms with van der Waals surface area (Å²) in [6, 6.07) is 9.08. The van der Waals surface area contributed by atoms with E-state index in [9.17, 15) is 28.1 Å². The number of carbonyl (C=O) groups excluding carboxylic acids is 1. The fourth-order valence-electron chi connectivity index (χ4n) is 2.00. The Morgan fingerprint density at radius 3 is 2.57 bits per heavy atom. The summed E-state index contributed by atoms with van der Waals surface area (Å²) >= 11 is 5.86. The monoisotopic (exact) mass is 410 g/mol. The van der Waals surface area contributed by atoms with Crippen LogP contribution in [0.5, 0.6) is 0 Å². The summed E-state index contributed by atoms with van der Waals surface area (Å²) in [4.78, 5) is 22.3. The van der Waals surface area contributed by atoms with Crippen molar-refractivity contribution in [2.24, 2.45) is 0 Å². The van der Waals surface area contributed by atoms with E-state index in [-0.39, 0.29) is 22.1 Å². The zero-order valence-corrected chi connectivity index (χ0v) is 14.5. The predicted octanol–water partition coefficient (Wildman–Crippen LogP) is 4.73. The Bertz CT molecular complexity index is 1000. The van der Waals surface area contributed by atoms with Crippen molar-refractivity contribution in [2.45, 2.75) is 6.18 Å². The maximum absolute atomic E-state index is 12.7. The molecule has 2 aromatic rings. The third-order valence-corrected chi connectivity index (χ3v) is 3.68. The number of rotatable bonds is 5. The van der Waals surface area contributed by atoms with Crippen molar-refractivity contribution in [3.8, 4) is 6.07 Å². The summed E-state index contributed by atoms with van der Waals surface area (Å²) in [5.74, 6) is -0.954. The van der Waals surface area contributed by atoms with E-state index in [1.54, 1.807) is 6.07 Å². The summed E-state index contributed by atoms with van der Waals surface area (Å²) < 4.78 is 38.1. The first-order valence-electron chi connectivity index (χ1n) is 7.41. The highest BCUT2D eigenvalue weighted by molar-refractivity contribution is 6.34. The van der Waals surface area contributed by atoms with Crippen molar-refractivity contribution in [3.63, 3.8) is 0 Å². The van der Waals surface area contributed by atoms with Crippen LogP contribution in [-0.4, -0.2) is 10.8 Å². The number of nitrogens with zero attached hydrogens (tertiary/aromatic N) is 2. The average molecular weight is 411 g/mol. The van der Waals surface area contributed by atoms with Gasteiger partial charge in [-0.05, 0) is 24.3 Å².